The monoisotopic (exact) mass is 292 g/mol. The number of fused-ring (bicyclic) bond motifs is 1. The van der Waals surface area contributed by atoms with Gasteiger partial charge in [-0.15, -0.1) is 0 Å². The average molecular weight is 292 g/mol. The first-order chi connectivity index (χ1) is 10.0. The summed E-state index contributed by atoms with van der Waals surface area (Å²) in [7, 11) is 3.28. The summed E-state index contributed by atoms with van der Waals surface area (Å²) in [6, 6.07) is 3.20. The Morgan fingerprint density at radius 2 is 1.71 bits per heavy atom. The number of hydrogen-bond acceptors (Lipinski definition) is 5. The van der Waals surface area contributed by atoms with Crippen molar-refractivity contribution in [2.24, 2.45) is 14.1 Å². The predicted octanol–water partition coefficient (Wildman–Crippen LogP) is 0.622. The molecule has 1 aromatic heterocycles. The number of aryl methyl sites for hydroxylation is 2. The Morgan fingerprint density at radius 3 is 2.29 bits per heavy atom. The summed E-state index contributed by atoms with van der Waals surface area (Å²) >= 11 is 0. The number of aromatic nitrogens is 2. The van der Waals surface area contributed by atoms with Gasteiger partial charge in [-0.3, -0.25) is 19.2 Å². The highest BCUT2D eigenvalue weighted by Crippen LogP contribution is 2.33. The molecule has 0 N–H and O–H groups in total. The van der Waals surface area contributed by atoms with Crippen LogP contribution >= 0.6 is 0 Å². The minimum absolute atomic E-state index is 0.0191. The van der Waals surface area contributed by atoms with Crippen molar-refractivity contribution in [2.75, 3.05) is 31.2 Å². The highest BCUT2D eigenvalue weighted by atomic mass is 16.6. The summed E-state index contributed by atoms with van der Waals surface area (Å²) < 4.78 is 8.21. The number of morpholine rings is 1. The molecule has 1 aromatic carbocycles. The molecule has 0 unspecified atom stereocenters. The number of benzene rings is 1. The van der Waals surface area contributed by atoms with Gasteiger partial charge in [-0.05, 0) is 6.07 Å². The fraction of sp³-hybridized carbons (Fsp3) is 0.462. The average Bonchev–Trinajstić information content (AvgIpc) is 2.71. The van der Waals surface area contributed by atoms with Crippen LogP contribution in [0.3, 0.4) is 0 Å². The molecule has 0 aliphatic carbocycles. The lowest BCUT2D eigenvalue weighted by Gasteiger charge is -2.28. The zero-order valence-electron chi connectivity index (χ0n) is 11.9. The van der Waals surface area contributed by atoms with Crippen LogP contribution in [0.1, 0.15) is 0 Å². The van der Waals surface area contributed by atoms with E-state index in [4.69, 9.17) is 4.74 Å². The summed E-state index contributed by atoms with van der Waals surface area (Å²) in [5.74, 6) is 0. The molecule has 1 aliphatic rings. The van der Waals surface area contributed by atoms with E-state index in [-0.39, 0.29) is 11.4 Å². The van der Waals surface area contributed by atoms with Gasteiger partial charge in [0.25, 0.3) is 5.69 Å². The Hall–Kier alpha value is -2.35. The molecule has 21 heavy (non-hydrogen) atoms. The van der Waals surface area contributed by atoms with Crippen molar-refractivity contribution < 1.29 is 9.66 Å². The lowest BCUT2D eigenvalue weighted by Crippen LogP contribution is -2.36. The summed E-state index contributed by atoms with van der Waals surface area (Å²) in [6.07, 6.45) is 0. The SMILES string of the molecule is Cn1c(=O)n(C)c2cc([N+](=O)[O-])c(N3CCOCC3)cc21. The minimum Gasteiger partial charge on any atom is -0.378 e. The van der Waals surface area contributed by atoms with Crippen LogP contribution in [0.2, 0.25) is 0 Å². The molecule has 8 nitrogen and oxygen atoms in total. The first-order valence-corrected chi connectivity index (χ1v) is 6.67. The van der Waals surface area contributed by atoms with Crippen molar-refractivity contribution in [3.8, 4) is 0 Å². The minimum atomic E-state index is -0.401. The first kappa shape index (κ1) is 13.6. The van der Waals surface area contributed by atoms with Gasteiger partial charge in [-0.2, -0.15) is 0 Å². The van der Waals surface area contributed by atoms with Crippen LogP contribution in [-0.2, 0) is 18.8 Å². The van der Waals surface area contributed by atoms with Crippen molar-refractivity contribution >= 4 is 22.4 Å². The first-order valence-electron chi connectivity index (χ1n) is 6.67. The third-order valence-corrected chi connectivity index (χ3v) is 3.92. The number of nitro benzene ring substituents is 1. The van der Waals surface area contributed by atoms with Gasteiger partial charge >= 0.3 is 5.69 Å². The zero-order valence-corrected chi connectivity index (χ0v) is 11.9. The third kappa shape index (κ3) is 2.07. The molecule has 0 saturated carbocycles. The van der Waals surface area contributed by atoms with Gasteiger partial charge in [0.15, 0.2) is 0 Å². The molecule has 1 saturated heterocycles. The second-order valence-electron chi connectivity index (χ2n) is 5.09. The van der Waals surface area contributed by atoms with Crippen LogP contribution in [0.5, 0.6) is 0 Å². The number of nitrogens with zero attached hydrogens (tertiary/aromatic N) is 4. The maximum absolute atomic E-state index is 12.0. The summed E-state index contributed by atoms with van der Waals surface area (Å²) in [4.78, 5) is 24.9. The number of ether oxygens (including phenoxy) is 1. The molecule has 0 amide bonds. The number of anilines is 1. The summed E-state index contributed by atoms with van der Waals surface area (Å²) in [5.41, 5.74) is 1.61. The molecule has 0 bridgehead atoms. The maximum Gasteiger partial charge on any atom is 0.328 e. The van der Waals surface area contributed by atoms with E-state index in [2.05, 4.69) is 0 Å². The Balaban J connectivity index is 2.26. The Kier molecular flexibility index (Phi) is 3.17. The van der Waals surface area contributed by atoms with Crippen LogP contribution in [0.25, 0.3) is 11.0 Å². The van der Waals surface area contributed by atoms with E-state index in [9.17, 15) is 14.9 Å². The molecule has 2 aromatic rings. The third-order valence-electron chi connectivity index (χ3n) is 3.92. The van der Waals surface area contributed by atoms with Crippen LogP contribution < -0.4 is 10.6 Å². The highest BCUT2D eigenvalue weighted by molar-refractivity contribution is 5.86. The van der Waals surface area contributed by atoms with Crippen molar-refractivity contribution in [1.82, 2.24) is 9.13 Å². The second kappa shape index (κ2) is 4.88. The standard InChI is InChI=1S/C13H16N4O4/c1-14-9-7-11(16-3-5-21-6-4-16)12(17(19)20)8-10(9)15(2)13(14)18/h7-8H,3-6H2,1-2H3. The lowest BCUT2D eigenvalue weighted by molar-refractivity contribution is -0.384. The molecule has 2 heterocycles. The number of imidazole rings is 1. The Bertz CT molecular complexity index is 771. The van der Waals surface area contributed by atoms with Gasteiger partial charge < -0.3 is 9.64 Å². The van der Waals surface area contributed by atoms with E-state index in [0.717, 1.165) is 0 Å². The van der Waals surface area contributed by atoms with Crippen LogP contribution in [0, 0.1) is 10.1 Å². The van der Waals surface area contributed by atoms with Crippen molar-refractivity contribution in [2.45, 2.75) is 0 Å². The van der Waals surface area contributed by atoms with Gasteiger partial charge in [-0.25, -0.2) is 4.79 Å². The van der Waals surface area contributed by atoms with E-state index in [1.165, 1.54) is 15.2 Å². The Labute approximate surface area is 120 Å². The second-order valence-corrected chi connectivity index (χ2v) is 5.09. The molecule has 3 rings (SSSR count). The molecule has 1 fully saturated rings. The summed E-state index contributed by atoms with van der Waals surface area (Å²) in [5, 5.41) is 11.4. The van der Waals surface area contributed by atoms with E-state index in [1.807, 2.05) is 4.90 Å². The normalized spacial score (nSPS) is 15.6. The summed E-state index contributed by atoms with van der Waals surface area (Å²) in [6.45, 7) is 2.30. The molecule has 0 radical (unpaired) electrons. The van der Waals surface area contributed by atoms with Crippen LogP contribution in [-0.4, -0.2) is 40.4 Å². The quantitative estimate of drug-likeness (QED) is 0.598. The largest absolute Gasteiger partial charge is 0.378 e. The molecular formula is C13H16N4O4. The van der Waals surface area contributed by atoms with E-state index >= 15 is 0 Å². The molecule has 8 heteroatoms. The fourth-order valence-electron chi connectivity index (χ4n) is 2.73. The molecule has 0 atom stereocenters. The molecule has 1 aliphatic heterocycles. The lowest BCUT2D eigenvalue weighted by atomic mass is 10.2. The van der Waals surface area contributed by atoms with E-state index in [1.54, 1.807) is 20.2 Å². The highest BCUT2D eigenvalue weighted by Gasteiger charge is 2.24. The number of rotatable bonds is 2. The Morgan fingerprint density at radius 1 is 1.14 bits per heavy atom. The molecular weight excluding hydrogens is 276 g/mol. The van der Waals surface area contributed by atoms with Gasteiger partial charge in [0.1, 0.15) is 5.69 Å². The van der Waals surface area contributed by atoms with Gasteiger partial charge in [0.2, 0.25) is 0 Å². The number of hydrogen-bond donors (Lipinski definition) is 0. The van der Waals surface area contributed by atoms with Crippen molar-refractivity contribution in [3.63, 3.8) is 0 Å². The van der Waals surface area contributed by atoms with Crippen LogP contribution in [0.15, 0.2) is 16.9 Å². The zero-order chi connectivity index (χ0) is 15.1. The predicted molar refractivity (Wildman–Crippen MR) is 77.8 cm³/mol. The topological polar surface area (TPSA) is 82.5 Å². The smallest absolute Gasteiger partial charge is 0.328 e. The van der Waals surface area contributed by atoms with E-state index < -0.39 is 4.92 Å². The van der Waals surface area contributed by atoms with Crippen LogP contribution in [0.4, 0.5) is 11.4 Å². The van der Waals surface area contributed by atoms with Gasteiger partial charge in [0, 0.05) is 33.3 Å². The molecule has 112 valence electrons. The van der Waals surface area contributed by atoms with Crippen molar-refractivity contribution in [3.05, 3.63) is 32.7 Å². The van der Waals surface area contributed by atoms with Crippen molar-refractivity contribution in [1.29, 1.82) is 0 Å². The van der Waals surface area contributed by atoms with Gasteiger partial charge in [0.05, 0.1) is 29.2 Å². The van der Waals surface area contributed by atoms with Gasteiger partial charge in [-0.1, -0.05) is 0 Å². The maximum atomic E-state index is 12.0. The van der Waals surface area contributed by atoms with E-state index in [0.29, 0.717) is 43.0 Å². The molecule has 0 spiro atoms. The fourth-order valence-corrected chi connectivity index (χ4v) is 2.73. The number of nitro groups is 1.